The highest BCUT2D eigenvalue weighted by Crippen LogP contribution is 2.27. The fraction of sp³-hybridized carbons (Fsp3) is 0.600. The third-order valence-electron chi connectivity index (χ3n) is 2.69. The van der Waals surface area contributed by atoms with E-state index in [2.05, 4.69) is 26.3 Å². The van der Waals surface area contributed by atoms with E-state index in [1.54, 1.807) is 14.2 Å². The van der Waals surface area contributed by atoms with Crippen LogP contribution in [0, 0.1) is 5.92 Å². The van der Waals surface area contributed by atoms with E-state index in [1.807, 2.05) is 18.2 Å². The van der Waals surface area contributed by atoms with Crippen molar-refractivity contribution in [3.63, 3.8) is 0 Å². The highest BCUT2D eigenvalue weighted by molar-refractivity contribution is 5.43. The zero-order valence-corrected chi connectivity index (χ0v) is 12.5. The van der Waals surface area contributed by atoms with Gasteiger partial charge in [-0.1, -0.05) is 19.9 Å². The van der Waals surface area contributed by atoms with E-state index in [0.29, 0.717) is 5.92 Å². The van der Waals surface area contributed by atoms with Gasteiger partial charge in [0.2, 0.25) is 0 Å². The maximum atomic E-state index is 5.42. The molecule has 0 radical (unpaired) electrons. The summed E-state index contributed by atoms with van der Waals surface area (Å²) >= 11 is 0. The van der Waals surface area contributed by atoms with Crippen molar-refractivity contribution >= 4 is 0 Å². The van der Waals surface area contributed by atoms with Crippen LogP contribution in [0.4, 0.5) is 0 Å². The predicted molar refractivity (Wildman–Crippen MR) is 76.6 cm³/mol. The summed E-state index contributed by atoms with van der Waals surface area (Å²) < 4.78 is 10.5. The Hall–Kier alpha value is -1.26. The van der Waals surface area contributed by atoms with Gasteiger partial charge in [-0.25, -0.2) is 0 Å². The van der Waals surface area contributed by atoms with Crippen LogP contribution in [0.25, 0.3) is 0 Å². The lowest BCUT2D eigenvalue weighted by Crippen LogP contribution is -2.29. The fourth-order valence-corrected chi connectivity index (χ4v) is 1.76. The van der Waals surface area contributed by atoms with Gasteiger partial charge in [-0.15, -0.1) is 0 Å². The van der Waals surface area contributed by atoms with E-state index in [-0.39, 0.29) is 6.04 Å². The van der Waals surface area contributed by atoms with Gasteiger partial charge in [-0.3, -0.25) is 0 Å². The summed E-state index contributed by atoms with van der Waals surface area (Å²) in [7, 11) is 3.29. The van der Waals surface area contributed by atoms with Crippen molar-refractivity contribution < 1.29 is 14.3 Å². The van der Waals surface area contributed by atoms with E-state index >= 15 is 0 Å². The van der Waals surface area contributed by atoms with Crippen molar-refractivity contribution in [2.24, 2.45) is 5.92 Å². The van der Waals surface area contributed by atoms with Crippen molar-refractivity contribution in [1.29, 1.82) is 0 Å². The van der Waals surface area contributed by atoms with Crippen molar-refractivity contribution in [2.75, 3.05) is 20.8 Å². The van der Waals surface area contributed by atoms with Crippen LogP contribution >= 0.6 is 0 Å². The standard InChI is InChI=1S/C15H25NO3/c1-11(2)10-19-16-12(3)8-13-6-7-14(17-4)15(9-13)18-5/h6-7,9,11-12,16H,8,10H2,1-5H3. The summed E-state index contributed by atoms with van der Waals surface area (Å²) in [6.45, 7) is 7.06. The van der Waals surface area contributed by atoms with Gasteiger partial charge in [0.05, 0.1) is 20.8 Å². The monoisotopic (exact) mass is 267 g/mol. The molecule has 0 aliphatic rings. The summed E-state index contributed by atoms with van der Waals surface area (Å²) in [6, 6.07) is 6.22. The number of methoxy groups -OCH3 is 2. The van der Waals surface area contributed by atoms with Gasteiger partial charge in [-0.05, 0) is 37.0 Å². The molecule has 0 aliphatic carbocycles. The zero-order chi connectivity index (χ0) is 14.3. The van der Waals surface area contributed by atoms with Gasteiger partial charge >= 0.3 is 0 Å². The molecule has 4 nitrogen and oxygen atoms in total. The minimum Gasteiger partial charge on any atom is -0.493 e. The fourth-order valence-electron chi connectivity index (χ4n) is 1.76. The molecule has 0 heterocycles. The second kappa shape index (κ2) is 8.02. The Labute approximate surface area is 116 Å². The second-order valence-electron chi connectivity index (χ2n) is 5.12. The first-order chi connectivity index (χ1) is 9.06. The lowest BCUT2D eigenvalue weighted by Gasteiger charge is -2.16. The Morgan fingerprint density at radius 1 is 1.05 bits per heavy atom. The Morgan fingerprint density at radius 2 is 1.74 bits per heavy atom. The van der Waals surface area contributed by atoms with E-state index in [0.717, 1.165) is 24.5 Å². The van der Waals surface area contributed by atoms with Gasteiger partial charge in [-0.2, -0.15) is 5.48 Å². The number of hydrogen-bond acceptors (Lipinski definition) is 4. The van der Waals surface area contributed by atoms with Gasteiger partial charge in [0.15, 0.2) is 11.5 Å². The lowest BCUT2D eigenvalue weighted by atomic mass is 10.1. The quantitative estimate of drug-likeness (QED) is 0.735. The van der Waals surface area contributed by atoms with Crippen LogP contribution in [0.5, 0.6) is 11.5 Å². The maximum absolute atomic E-state index is 5.42. The molecule has 0 spiro atoms. The van der Waals surface area contributed by atoms with Gasteiger partial charge in [0.25, 0.3) is 0 Å². The Kier molecular flexibility index (Phi) is 6.67. The molecule has 1 aromatic rings. The predicted octanol–water partition coefficient (Wildman–Crippen LogP) is 2.81. The SMILES string of the molecule is COc1ccc(CC(C)NOCC(C)C)cc1OC. The molecule has 0 saturated carbocycles. The summed E-state index contributed by atoms with van der Waals surface area (Å²) in [5.74, 6) is 2.04. The molecule has 0 saturated heterocycles. The topological polar surface area (TPSA) is 39.7 Å². The summed E-state index contributed by atoms with van der Waals surface area (Å²) in [5, 5.41) is 0. The summed E-state index contributed by atoms with van der Waals surface area (Å²) in [5.41, 5.74) is 4.24. The first kappa shape index (κ1) is 15.8. The van der Waals surface area contributed by atoms with Crippen LogP contribution in [0.3, 0.4) is 0 Å². The average Bonchev–Trinajstić information content (AvgIpc) is 2.38. The lowest BCUT2D eigenvalue weighted by molar-refractivity contribution is 0.00472. The van der Waals surface area contributed by atoms with Crippen LogP contribution in [0.2, 0.25) is 0 Å². The maximum Gasteiger partial charge on any atom is 0.160 e. The molecule has 108 valence electrons. The molecule has 1 unspecified atom stereocenters. The highest BCUT2D eigenvalue weighted by atomic mass is 16.6. The van der Waals surface area contributed by atoms with Crippen LogP contribution in [0.15, 0.2) is 18.2 Å². The van der Waals surface area contributed by atoms with E-state index < -0.39 is 0 Å². The first-order valence-electron chi connectivity index (χ1n) is 6.65. The minimum atomic E-state index is 0.247. The number of ether oxygens (including phenoxy) is 2. The normalized spacial score (nSPS) is 12.5. The molecular formula is C15H25NO3. The van der Waals surface area contributed by atoms with Gasteiger partial charge < -0.3 is 14.3 Å². The van der Waals surface area contributed by atoms with Gasteiger partial charge in [0.1, 0.15) is 0 Å². The van der Waals surface area contributed by atoms with Crippen LogP contribution < -0.4 is 15.0 Å². The Bertz CT molecular complexity index is 380. The molecule has 0 aromatic heterocycles. The number of nitrogens with one attached hydrogen (secondary N) is 1. The molecule has 0 fully saturated rings. The van der Waals surface area contributed by atoms with Crippen molar-refractivity contribution in [1.82, 2.24) is 5.48 Å². The largest absolute Gasteiger partial charge is 0.493 e. The second-order valence-corrected chi connectivity index (χ2v) is 5.12. The van der Waals surface area contributed by atoms with Crippen LogP contribution in [0.1, 0.15) is 26.3 Å². The zero-order valence-electron chi connectivity index (χ0n) is 12.5. The molecule has 1 atom stereocenters. The van der Waals surface area contributed by atoms with Crippen LogP contribution in [-0.4, -0.2) is 26.9 Å². The minimum absolute atomic E-state index is 0.247. The van der Waals surface area contributed by atoms with Crippen molar-refractivity contribution in [2.45, 2.75) is 33.2 Å². The molecular weight excluding hydrogens is 242 g/mol. The average molecular weight is 267 g/mol. The molecule has 0 bridgehead atoms. The molecule has 1 N–H and O–H groups in total. The third-order valence-corrected chi connectivity index (χ3v) is 2.69. The first-order valence-corrected chi connectivity index (χ1v) is 6.65. The molecule has 19 heavy (non-hydrogen) atoms. The smallest absolute Gasteiger partial charge is 0.160 e. The number of benzene rings is 1. The molecule has 0 amide bonds. The molecule has 1 aromatic carbocycles. The molecule has 0 aliphatic heterocycles. The third kappa shape index (κ3) is 5.49. The van der Waals surface area contributed by atoms with Gasteiger partial charge in [0, 0.05) is 6.04 Å². The molecule has 1 rings (SSSR count). The van der Waals surface area contributed by atoms with Crippen molar-refractivity contribution in [3.05, 3.63) is 23.8 Å². The van der Waals surface area contributed by atoms with E-state index in [4.69, 9.17) is 14.3 Å². The Balaban J connectivity index is 2.52. The number of hydrogen-bond donors (Lipinski definition) is 1. The summed E-state index contributed by atoms with van der Waals surface area (Å²) in [6.07, 6.45) is 0.873. The van der Waals surface area contributed by atoms with E-state index in [1.165, 1.54) is 5.56 Å². The van der Waals surface area contributed by atoms with E-state index in [9.17, 15) is 0 Å². The number of hydroxylamine groups is 1. The van der Waals surface area contributed by atoms with Crippen molar-refractivity contribution in [3.8, 4) is 11.5 Å². The summed E-state index contributed by atoms with van der Waals surface area (Å²) in [4.78, 5) is 5.42. The Morgan fingerprint density at radius 3 is 2.32 bits per heavy atom. The van der Waals surface area contributed by atoms with Crippen LogP contribution in [-0.2, 0) is 11.3 Å². The number of rotatable bonds is 8. The molecule has 4 heteroatoms. The highest BCUT2D eigenvalue weighted by Gasteiger charge is 2.08.